The second kappa shape index (κ2) is 10.5. The molecule has 1 aliphatic heterocycles. The first kappa shape index (κ1) is 21.4. The van der Waals surface area contributed by atoms with E-state index in [1.54, 1.807) is 12.1 Å². The Morgan fingerprint density at radius 2 is 1.72 bits per heavy atom. The zero-order chi connectivity index (χ0) is 20.6. The van der Waals surface area contributed by atoms with Gasteiger partial charge in [0.15, 0.2) is 5.11 Å². The molecule has 5 nitrogen and oxygen atoms in total. The van der Waals surface area contributed by atoms with E-state index in [9.17, 15) is 8.78 Å². The smallest absolute Gasteiger partial charge is 0.387 e. The number of alkyl halides is 2. The summed E-state index contributed by atoms with van der Waals surface area (Å²) in [5, 5.41) is 6.92. The molecule has 2 atom stereocenters. The molecule has 0 aromatic heterocycles. The molecule has 8 heteroatoms. The van der Waals surface area contributed by atoms with Crippen LogP contribution in [0.3, 0.4) is 0 Å². The zero-order valence-corrected chi connectivity index (χ0v) is 17.0. The average Bonchev–Trinajstić information content (AvgIpc) is 2.71. The first-order valence-electron chi connectivity index (χ1n) is 9.52. The quantitative estimate of drug-likeness (QED) is 0.658. The van der Waals surface area contributed by atoms with Crippen LogP contribution in [0, 0.1) is 0 Å². The van der Waals surface area contributed by atoms with Crippen molar-refractivity contribution in [3.8, 4) is 5.75 Å². The lowest BCUT2D eigenvalue weighted by atomic mass is 9.98. The molecule has 0 radical (unpaired) electrons. The van der Waals surface area contributed by atoms with Crippen LogP contribution in [-0.2, 0) is 4.74 Å². The molecule has 1 saturated heterocycles. The third-order valence-electron chi connectivity index (χ3n) is 4.75. The van der Waals surface area contributed by atoms with E-state index in [-0.39, 0.29) is 17.8 Å². The van der Waals surface area contributed by atoms with Gasteiger partial charge < -0.3 is 20.1 Å². The molecule has 1 fully saturated rings. The number of thiocarbonyl (C=S) groups is 1. The normalized spacial score (nSPS) is 16.8. The van der Waals surface area contributed by atoms with Crippen molar-refractivity contribution in [1.29, 1.82) is 0 Å². The highest BCUT2D eigenvalue weighted by molar-refractivity contribution is 7.80. The van der Waals surface area contributed by atoms with Crippen molar-refractivity contribution in [1.82, 2.24) is 10.2 Å². The number of nitrogens with zero attached hydrogens (tertiary/aromatic N) is 1. The van der Waals surface area contributed by atoms with Crippen LogP contribution >= 0.6 is 12.2 Å². The Hall–Kier alpha value is -2.29. The lowest BCUT2D eigenvalue weighted by molar-refractivity contribution is -0.0498. The van der Waals surface area contributed by atoms with Crippen LogP contribution in [0.4, 0.5) is 14.5 Å². The molecule has 1 heterocycles. The average molecular weight is 422 g/mol. The zero-order valence-electron chi connectivity index (χ0n) is 16.2. The number of halogens is 2. The molecule has 0 unspecified atom stereocenters. The maximum absolute atomic E-state index is 12.3. The summed E-state index contributed by atoms with van der Waals surface area (Å²) in [6, 6.07) is 16.7. The molecule has 156 valence electrons. The van der Waals surface area contributed by atoms with E-state index >= 15 is 0 Å². The number of benzene rings is 2. The van der Waals surface area contributed by atoms with Gasteiger partial charge in [0.25, 0.3) is 0 Å². The second-order valence-corrected chi connectivity index (χ2v) is 7.20. The van der Waals surface area contributed by atoms with Gasteiger partial charge in [-0.2, -0.15) is 8.78 Å². The van der Waals surface area contributed by atoms with Crippen LogP contribution in [0.1, 0.15) is 18.5 Å². The molecule has 1 aliphatic rings. The number of nitrogens with one attached hydrogen (secondary N) is 2. The van der Waals surface area contributed by atoms with E-state index in [0.29, 0.717) is 24.0 Å². The maximum Gasteiger partial charge on any atom is 0.387 e. The largest absolute Gasteiger partial charge is 0.435 e. The Balaban J connectivity index is 1.64. The van der Waals surface area contributed by atoms with E-state index in [4.69, 9.17) is 17.0 Å². The van der Waals surface area contributed by atoms with Gasteiger partial charge in [0.05, 0.1) is 19.3 Å². The minimum Gasteiger partial charge on any atom is -0.435 e. The molecule has 29 heavy (non-hydrogen) atoms. The van der Waals surface area contributed by atoms with Crippen LogP contribution in [0.2, 0.25) is 0 Å². The minimum atomic E-state index is -2.84. The van der Waals surface area contributed by atoms with Gasteiger partial charge in [-0.05, 0) is 49.0 Å². The van der Waals surface area contributed by atoms with Gasteiger partial charge in [-0.25, -0.2) is 0 Å². The highest BCUT2D eigenvalue weighted by Crippen LogP contribution is 2.25. The van der Waals surface area contributed by atoms with Gasteiger partial charge in [-0.15, -0.1) is 0 Å². The van der Waals surface area contributed by atoms with Crippen molar-refractivity contribution in [3.63, 3.8) is 0 Å². The summed E-state index contributed by atoms with van der Waals surface area (Å²) in [4.78, 5) is 2.40. The van der Waals surface area contributed by atoms with E-state index in [1.165, 1.54) is 17.7 Å². The highest BCUT2D eigenvalue weighted by atomic mass is 32.1. The molecule has 0 amide bonds. The molecule has 3 rings (SSSR count). The maximum atomic E-state index is 12.3. The van der Waals surface area contributed by atoms with Crippen molar-refractivity contribution in [2.45, 2.75) is 25.6 Å². The van der Waals surface area contributed by atoms with Gasteiger partial charge in [-0.1, -0.05) is 30.3 Å². The molecule has 0 aliphatic carbocycles. The number of rotatable bonds is 7. The van der Waals surface area contributed by atoms with Gasteiger partial charge in [0.2, 0.25) is 0 Å². The van der Waals surface area contributed by atoms with E-state index in [2.05, 4.69) is 39.3 Å². The predicted molar refractivity (Wildman–Crippen MR) is 113 cm³/mol. The van der Waals surface area contributed by atoms with Crippen LogP contribution in [0.5, 0.6) is 5.75 Å². The van der Waals surface area contributed by atoms with E-state index < -0.39 is 6.61 Å². The van der Waals surface area contributed by atoms with E-state index in [0.717, 1.165) is 13.1 Å². The van der Waals surface area contributed by atoms with Gasteiger partial charge in [0, 0.05) is 24.8 Å². The van der Waals surface area contributed by atoms with E-state index in [1.807, 2.05) is 18.2 Å². The summed E-state index contributed by atoms with van der Waals surface area (Å²) in [7, 11) is 0. The molecule has 0 saturated carbocycles. The van der Waals surface area contributed by atoms with Crippen LogP contribution < -0.4 is 15.4 Å². The highest BCUT2D eigenvalue weighted by Gasteiger charge is 2.28. The summed E-state index contributed by atoms with van der Waals surface area (Å²) >= 11 is 5.47. The summed E-state index contributed by atoms with van der Waals surface area (Å²) < 4.78 is 34.4. The fraction of sp³-hybridized carbons (Fsp3) is 0.381. The lowest BCUT2D eigenvalue weighted by Gasteiger charge is -2.38. The standard InChI is InChI=1S/C21H25F2N3O2S/c1-15(19(16-5-3-2-4-6-16)26-11-13-27-14-12-26)24-21(29)25-17-7-9-18(10-8-17)28-20(22)23/h2-10,15,19-20H,11-14H2,1H3,(H2,24,25,29)/t15-,19+/m0/s1. The number of hydrogen-bond acceptors (Lipinski definition) is 4. The number of ether oxygens (including phenoxy) is 2. The number of hydrogen-bond donors (Lipinski definition) is 2. The molecule has 2 N–H and O–H groups in total. The summed E-state index contributed by atoms with van der Waals surface area (Å²) in [5.74, 6) is 0.106. The Morgan fingerprint density at radius 3 is 2.34 bits per heavy atom. The van der Waals surface area contributed by atoms with Crippen molar-refractivity contribution < 1.29 is 18.3 Å². The fourth-order valence-corrected chi connectivity index (χ4v) is 3.80. The van der Waals surface area contributed by atoms with Crippen molar-refractivity contribution in [3.05, 3.63) is 60.2 Å². The van der Waals surface area contributed by atoms with Crippen molar-refractivity contribution in [2.75, 3.05) is 31.6 Å². The van der Waals surface area contributed by atoms with Crippen LogP contribution in [0.25, 0.3) is 0 Å². The Kier molecular flexibility index (Phi) is 7.74. The molecule has 0 bridgehead atoms. The second-order valence-electron chi connectivity index (χ2n) is 6.79. The number of anilines is 1. The molecular formula is C21H25F2N3O2S. The van der Waals surface area contributed by atoms with Crippen LogP contribution in [-0.4, -0.2) is 49.0 Å². The fourth-order valence-electron chi connectivity index (χ4n) is 3.49. The first-order chi connectivity index (χ1) is 14.0. The summed E-state index contributed by atoms with van der Waals surface area (Å²) in [6.07, 6.45) is 0. The topological polar surface area (TPSA) is 45.8 Å². The van der Waals surface area contributed by atoms with Crippen LogP contribution in [0.15, 0.2) is 54.6 Å². The molecule has 2 aromatic rings. The summed E-state index contributed by atoms with van der Waals surface area (Å²) in [5.41, 5.74) is 1.91. The van der Waals surface area contributed by atoms with Gasteiger partial charge >= 0.3 is 6.61 Å². The molecular weight excluding hydrogens is 396 g/mol. The Bertz CT molecular complexity index is 771. The monoisotopic (exact) mass is 421 g/mol. The summed E-state index contributed by atoms with van der Waals surface area (Å²) in [6.45, 7) is 2.40. The Labute approximate surface area is 175 Å². The Morgan fingerprint density at radius 1 is 1.07 bits per heavy atom. The van der Waals surface area contributed by atoms with Gasteiger partial charge in [0.1, 0.15) is 5.75 Å². The van der Waals surface area contributed by atoms with Gasteiger partial charge in [-0.3, -0.25) is 4.90 Å². The lowest BCUT2D eigenvalue weighted by Crippen LogP contribution is -2.49. The SMILES string of the molecule is C[C@H](NC(=S)Nc1ccc(OC(F)F)cc1)[C@H](c1ccccc1)N1CCOCC1. The molecule has 0 spiro atoms. The first-order valence-corrected chi connectivity index (χ1v) is 9.93. The third kappa shape index (κ3) is 6.35. The third-order valence-corrected chi connectivity index (χ3v) is 4.97. The number of morpholine rings is 1. The van der Waals surface area contributed by atoms with Crippen molar-refractivity contribution in [2.24, 2.45) is 0 Å². The predicted octanol–water partition coefficient (Wildman–Crippen LogP) is 4.04. The minimum absolute atomic E-state index is 0.0388. The van der Waals surface area contributed by atoms with Crippen molar-refractivity contribution >= 4 is 23.0 Å². The molecule has 2 aromatic carbocycles.